The van der Waals surface area contributed by atoms with Crippen molar-refractivity contribution < 1.29 is 0 Å². The van der Waals surface area contributed by atoms with E-state index in [4.69, 9.17) is 0 Å². The van der Waals surface area contributed by atoms with E-state index < -0.39 is 0 Å². The number of anilines is 2. The van der Waals surface area contributed by atoms with Gasteiger partial charge in [0.05, 0.1) is 0 Å². The summed E-state index contributed by atoms with van der Waals surface area (Å²) in [4.78, 5) is 2.32. The van der Waals surface area contributed by atoms with Crippen LogP contribution in [0, 0.1) is 0 Å². The van der Waals surface area contributed by atoms with E-state index in [9.17, 15) is 0 Å². The van der Waals surface area contributed by atoms with E-state index in [1.807, 2.05) is 0 Å². The van der Waals surface area contributed by atoms with E-state index in [1.54, 1.807) is 0 Å². The van der Waals surface area contributed by atoms with Gasteiger partial charge in [-0.1, -0.05) is 97.1 Å². The van der Waals surface area contributed by atoms with E-state index >= 15 is 0 Å². The molecular weight excluding hydrogens is 424 g/mol. The van der Waals surface area contributed by atoms with E-state index in [1.165, 1.54) is 44.0 Å². The van der Waals surface area contributed by atoms with Crippen LogP contribution >= 0.6 is 0 Å². The minimum absolute atomic E-state index is 1.13. The first kappa shape index (κ1) is 19.7. The molecule has 0 atom stereocenters. The summed E-state index contributed by atoms with van der Waals surface area (Å²) in [6, 6.07) is 47.7. The van der Waals surface area contributed by atoms with E-state index in [0.29, 0.717) is 0 Å². The second-order valence-electron chi connectivity index (χ2n) is 8.89. The molecule has 0 unspecified atom stereocenters. The van der Waals surface area contributed by atoms with Crippen molar-refractivity contribution in [3.8, 4) is 11.1 Å². The molecule has 7 rings (SSSR count). The monoisotopic (exact) mass is 447 g/mol. The molecule has 0 aromatic heterocycles. The molecule has 35 heavy (non-hydrogen) atoms. The third kappa shape index (κ3) is 3.15. The van der Waals surface area contributed by atoms with Crippen LogP contribution < -0.4 is 9.48 Å². The molecule has 0 saturated carbocycles. The second-order valence-corrected chi connectivity index (χ2v) is 8.89. The average Bonchev–Trinajstić information content (AvgIpc) is 3.09. The lowest BCUT2D eigenvalue weighted by Gasteiger charge is -2.17. The lowest BCUT2D eigenvalue weighted by atomic mass is 9.90. The molecule has 6 aromatic rings. The van der Waals surface area contributed by atoms with Crippen molar-refractivity contribution in [2.45, 2.75) is 0 Å². The zero-order valence-electron chi connectivity index (χ0n) is 19.2. The van der Waals surface area contributed by atoms with Gasteiger partial charge in [-0.15, -0.1) is 0 Å². The molecule has 0 saturated heterocycles. The van der Waals surface area contributed by atoms with Crippen LogP contribution in [0.25, 0.3) is 32.7 Å². The van der Waals surface area contributed by atoms with Crippen molar-refractivity contribution in [3.05, 3.63) is 133 Å². The number of para-hydroxylation sites is 2. The van der Waals surface area contributed by atoms with Gasteiger partial charge in [-0.2, -0.15) is 9.48 Å². The normalized spacial score (nSPS) is 12.7. The van der Waals surface area contributed by atoms with Crippen molar-refractivity contribution in [1.29, 1.82) is 0 Å². The van der Waals surface area contributed by atoms with Gasteiger partial charge in [0.25, 0.3) is 6.34 Å². The highest BCUT2D eigenvalue weighted by molar-refractivity contribution is 6.17. The summed E-state index contributed by atoms with van der Waals surface area (Å²) in [6.45, 7) is 0. The van der Waals surface area contributed by atoms with Crippen LogP contribution in [0.2, 0.25) is 0 Å². The van der Waals surface area contributed by atoms with Crippen LogP contribution in [0.1, 0.15) is 0 Å². The largest absolute Gasteiger partial charge is 0.254 e. The Kier molecular flexibility index (Phi) is 4.49. The van der Waals surface area contributed by atoms with Crippen LogP contribution in [0.3, 0.4) is 0 Å². The van der Waals surface area contributed by atoms with Gasteiger partial charge in [0, 0.05) is 11.1 Å². The molecule has 2 nitrogen and oxygen atoms in total. The third-order valence-corrected chi connectivity index (χ3v) is 6.88. The van der Waals surface area contributed by atoms with Crippen molar-refractivity contribution in [2.24, 2.45) is 0 Å². The highest BCUT2D eigenvalue weighted by atomic mass is 15.2. The molecule has 0 bridgehead atoms. The molecule has 2 heteroatoms. The maximum Gasteiger partial charge on any atom is 0.254 e. The average molecular weight is 448 g/mol. The summed E-state index contributed by atoms with van der Waals surface area (Å²) in [6.07, 6.45) is 2.24. The minimum Gasteiger partial charge on any atom is -0.198 e. The number of fused-ring (bicyclic) bond motifs is 7. The second kappa shape index (κ2) is 7.96. The highest BCUT2D eigenvalue weighted by Crippen LogP contribution is 2.48. The maximum absolute atomic E-state index is 2.32. The van der Waals surface area contributed by atoms with Crippen molar-refractivity contribution in [3.63, 3.8) is 0 Å². The number of hydrogen-bond acceptors (Lipinski definition) is 1. The van der Waals surface area contributed by atoms with Crippen LogP contribution in [0.4, 0.5) is 22.7 Å². The Hall–Kier alpha value is -4.69. The summed E-state index contributed by atoms with van der Waals surface area (Å²) in [5.74, 6) is 0. The predicted octanol–water partition coefficient (Wildman–Crippen LogP) is 8.67. The first-order valence-corrected chi connectivity index (χ1v) is 12.0. The Morgan fingerprint density at radius 3 is 1.74 bits per heavy atom. The van der Waals surface area contributed by atoms with Gasteiger partial charge in [-0.25, -0.2) is 0 Å². The minimum atomic E-state index is 1.13. The zero-order valence-corrected chi connectivity index (χ0v) is 19.2. The van der Waals surface area contributed by atoms with Gasteiger partial charge in [0.2, 0.25) is 0 Å². The first-order chi connectivity index (χ1) is 17.4. The smallest absolute Gasteiger partial charge is 0.198 e. The van der Waals surface area contributed by atoms with Gasteiger partial charge in [0.1, 0.15) is 22.7 Å². The Bertz CT molecular complexity index is 1730. The Morgan fingerprint density at radius 1 is 0.457 bits per heavy atom. The topological polar surface area (TPSA) is 6.25 Å². The lowest BCUT2D eigenvalue weighted by Crippen LogP contribution is -2.21. The van der Waals surface area contributed by atoms with E-state index in [0.717, 1.165) is 11.4 Å². The lowest BCUT2D eigenvalue weighted by molar-refractivity contribution is 1.09. The van der Waals surface area contributed by atoms with Crippen molar-refractivity contribution in [2.75, 3.05) is 4.90 Å². The van der Waals surface area contributed by atoms with Gasteiger partial charge in [0.15, 0.2) is 0 Å². The SMILES string of the molecule is C1=[N+](c2ccccc2)c2ccc3ccccc3c2-c2c(ccc3ccccc23)N1c1ccccc1. The van der Waals surface area contributed by atoms with Crippen LogP contribution in [0.15, 0.2) is 133 Å². The molecule has 1 heterocycles. The molecule has 0 amide bonds. The number of nitrogens with zero attached hydrogens (tertiary/aromatic N) is 2. The molecule has 0 spiro atoms. The van der Waals surface area contributed by atoms with Gasteiger partial charge < -0.3 is 0 Å². The molecule has 0 N–H and O–H groups in total. The summed E-state index contributed by atoms with van der Waals surface area (Å²) in [7, 11) is 0. The van der Waals surface area contributed by atoms with Gasteiger partial charge in [-0.3, -0.25) is 0 Å². The van der Waals surface area contributed by atoms with Crippen LogP contribution in [-0.4, -0.2) is 6.34 Å². The molecule has 0 aliphatic carbocycles. The Morgan fingerprint density at radius 2 is 1.03 bits per heavy atom. The summed E-state index contributed by atoms with van der Waals surface area (Å²) in [5, 5.41) is 5.00. The summed E-state index contributed by atoms with van der Waals surface area (Å²) >= 11 is 0. The summed E-state index contributed by atoms with van der Waals surface area (Å²) in [5.41, 5.74) is 7.11. The predicted molar refractivity (Wildman–Crippen MR) is 149 cm³/mol. The van der Waals surface area contributed by atoms with Crippen molar-refractivity contribution >= 4 is 50.6 Å². The first-order valence-electron chi connectivity index (χ1n) is 12.0. The molecule has 0 radical (unpaired) electrons. The molecule has 6 aromatic carbocycles. The van der Waals surface area contributed by atoms with Crippen molar-refractivity contribution in [1.82, 2.24) is 4.58 Å². The fraction of sp³-hybridized carbons (Fsp3) is 0. The number of hydrogen-bond donors (Lipinski definition) is 0. The zero-order chi connectivity index (χ0) is 23.2. The fourth-order valence-corrected chi connectivity index (χ4v) is 5.28. The molecule has 164 valence electrons. The molecule has 0 fully saturated rings. The molecule has 1 aliphatic heterocycles. The quantitative estimate of drug-likeness (QED) is 0.241. The van der Waals surface area contributed by atoms with Gasteiger partial charge in [-0.05, 0) is 57.9 Å². The summed E-state index contributed by atoms with van der Waals surface area (Å²) < 4.78 is 2.32. The fourth-order valence-electron chi connectivity index (χ4n) is 5.28. The number of rotatable bonds is 2. The van der Waals surface area contributed by atoms with E-state index in [-0.39, 0.29) is 0 Å². The Labute approximate surface area is 204 Å². The van der Waals surface area contributed by atoms with Gasteiger partial charge >= 0.3 is 0 Å². The van der Waals surface area contributed by atoms with Crippen LogP contribution in [0.5, 0.6) is 0 Å². The number of benzene rings is 6. The highest BCUT2D eigenvalue weighted by Gasteiger charge is 2.31. The third-order valence-electron chi connectivity index (χ3n) is 6.88. The Balaban J connectivity index is 1.69. The maximum atomic E-state index is 2.32. The van der Waals surface area contributed by atoms with Crippen LogP contribution in [-0.2, 0) is 0 Å². The molecule has 1 aliphatic rings. The standard InChI is InChI=1S/C33H23N2/c1-3-13-26(14-4-1)34-23-35(27-15-5-2-6-16-27)31-22-20-25-12-8-10-18-29(25)33(31)32-28-17-9-7-11-24(28)19-21-30(32)34/h1-23H/q+1. The van der Waals surface area contributed by atoms with E-state index in [2.05, 4.69) is 149 Å². The molecular formula is C33H23N2+.